The topological polar surface area (TPSA) is 86.8 Å². The molecule has 0 bridgehead atoms. The molecule has 0 saturated heterocycles. The molecule has 0 aliphatic carbocycles. The van der Waals surface area contributed by atoms with Gasteiger partial charge in [0.05, 0.1) is 10.6 Å². The van der Waals surface area contributed by atoms with Crippen LogP contribution in [0, 0.1) is 13.8 Å². The van der Waals surface area contributed by atoms with Crippen molar-refractivity contribution in [1.82, 2.24) is 10.2 Å². The Labute approximate surface area is 240 Å². The highest BCUT2D eigenvalue weighted by molar-refractivity contribution is 7.92. The zero-order valence-electron chi connectivity index (χ0n) is 22.4. The van der Waals surface area contributed by atoms with Crippen LogP contribution in [0.4, 0.5) is 5.69 Å². The predicted molar refractivity (Wildman–Crippen MR) is 157 cm³/mol. The molecule has 2 amide bonds. The smallest absolute Gasteiger partial charge is 0.264 e. The molecule has 3 aromatic rings. The molecule has 0 aromatic heterocycles. The summed E-state index contributed by atoms with van der Waals surface area (Å²) in [6, 6.07) is 17.4. The van der Waals surface area contributed by atoms with Crippen LogP contribution in [0.2, 0.25) is 10.0 Å². The van der Waals surface area contributed by atoms with Crippen molar-refractivity contribution in [2.24, 2.45) is 0 Å². The number of hydrogen-bond acceptors (Lipinski definition) is 4. The molecule has 0 spiro atoms. The summed E-state index contributed by atoms with van der Waals surface area (Å²) >= 11 is 12.9. The molecule has 3 rings (SSSR count). The standard InChI is InChI=1S/C29H33Cl2N3O4S/c1-5-27(29(36)32-6-2)33(18-24-25(30)13-10-14-26(24)31)28(35)19-34(22-16-20(3)15-21(4)17-22)39(37,38)23-11-8-7-9-12-23/h7-17,27H,5-6,18-19H2,1-4H3,(H,32,36)/t27-/m0/s1. The molecule has 7 nitrogen and oxygen atoms in total. The molecule has 0 radical (unpaired) electrons. The number of carbonyl (C=O) groups is 2. The molecule has 208 valence electrons. The van der Waals surface area contributed by atoms with Gasteiger partial charge in [0.1, 0.15) is 12.6 Å². The second kappa shape index (κ2) is 13.3. The van der Waals surface area contributed by atoms with Crippen LogP contribution in [0.5, 0.6) is 0 Å². The summed E-state index contributed by atoms with van der Waals surface area (Å²) in [6.07, 6.45) is 0.300. The molecule has 1 N–H and O–H groups in total. The van der Waals surface area contributed by atoms with Crippen molar-refractivity contribution < 1.29 is 18.0 Å². The molecule has 3 aromatic carbocycles. The third-order valence-electron chi connectivity index (χ3n) is 6.23. The summed E-state index contributed by atoms with van der Waals surface area (Å²) in [5.41, 5.74) is 2.52. The lowest BCUT2D eigenvalue weighted by Gasteiger charge is -2.33. The van der Waals surface area contributed by atoms with E-state index in [0.29, 0.717) is 34.3 Å². The number of nitrogens with zero attached hydrogens (tertiary/aromatic N) is 2. The van der Waals surface area contributed by atoms with Crippen molar-refractivity contribution in [3.05, 3.63) is 93.5 Å². The van der Waals surface area contributed by atoms with Crippen molar-refractivity contribution in [3.63, 3.8) is 0 Å². The molecule has 1 atom stereocenters. The Hall–Kier alpha value is -3.07. The maximum atomic E-state index is 14.1. The molecule has 0 heterocycles. The van der Waals surface area contributed by atoms with E-state index in [1.54, 1.807) is 62.4 Å². The highest BCUT2D eigenvalue weighted by Gasteiger charge is 2.34. The number of aryl methyl sites for hydroxylation is 2. The van der Waals surface area contributed by atoms with E-state index in [1.165, 1.54) is 17.0 Å². The quantitative estimate of drug-likeness (QED) is 0.308. The van der Waals surface area contributed by atoms with E-state index in [0.717, 1.165) is 15.4 Å². The third kappa shape index (κ3) is 7.32. The van der Waals surface area contributed by atoms with E-state index < -0.39 is 28.5 Å². The molecule has 10 heteroatoms. The Kier molecular flexibility index (Phi) is 10.4. The van der Waals surface area contributed by atoms with Crippen LogP contribution in [-0.4, -0.2) is 44.3 Å². The number of likely N-dealkylation sites (N-methyl/N-ethyl adjacent to an activating group) is 1. The number of carbonyl (C=O) groups excluding carboxylic acids is 2. The number of benzene rings is 3. The number of halogens is 2. The van der Waals surface area contributed by atoms with E-state index in [2.05, 4.69) is 5.32 Å². The van der Waals surface area contributed by atoms with Gasteiger partial charge in [-0.05, 0) is 74.7 Å². The Morgan fingerprint density at radius 3 is 2.03 bits per heavy atom. The third-order valence-corrected chi connectivity index (χ3v) is 8.73. The highest BCUT2D eigenvalue weighted by atomic mass is 35.5. The summed E-state index contributed by atoms with van der Waals surface area (Å²) in [4.78, 5) is 28.5. The zero-order valence-corrected chi connectivity index (χ0v) is 24.8. The second-order valence-corrected chi connectivity index (χ2v) is 11.9. The lowest BCUT2D eigenvalue weighted by molar-refractivity contribution is -0.140. The van der Waals surface area contributed by atoms with Gasteiger partial charge in [0.25, 0.3) is 10.0 Å². The fraction of sp³-hybridized carbons (Fsp3) is 0.310. The van der Waals surface area contributed by atoms with E-state index >= 15 is 0 Å². The molecule has 0 aliphatic heterocycles. The summed E-state index contributed by atoms with van der Waals surface area (Å²) < 4.78 is 28.9. The summed E-state index contributed by atoms with van der Waals surface area (Å²) in [5.74, 6) is -0.914. The minimum Gasteiger partial charge on any atom is -0.355 e. The summed E-state index contributed by atoms with van der Waals surface area (Å²) in [6.45, 7) is 7.07. The van der Waals surface area contributed by atoms with Gasteiger partial charge in [-0.3, -0.25) is 13.9 Å². The van der Waals surface area contributed by atoms with Gasteiger partial charge in [-0.1, -0.05) is 60.5 Å². The van der Waals surface area contributed by atoms with Crippen LogP contribution in [0.15, 0.2) is 71.6 Å². The van der Waals surface area contributed by atoms with Crippen molar-refractivity contribution in [2.45, 2.75) is 51.6 Å². The van der Waals surface area contributed by atoms with E-state index in [-0.39, 0.29) is 17.3 Å². The van der Waals surface area contributed by atoms with Crippen LogP contribution in [0.3, 0.4) is 0 Å². The Balaban J connectivity index is 2.12. The maximum Gasteiger partial charge on any atom is 0.264 e. The number of anilines is 1. The fourth-order valence-corrected chi connectivity index (χ4v) is 6.34. The van der Waals surface area contributed by atoms with Gasteiger partial charge < -0.3 is 10.2 Å². The van der Waals surface area contributed by atoms with Gasteiger partial charge >= 0.3 is 0 Å². The first kappa shape index (κ1) is 30.5. The number of sulfonamides is 1. The molecule has 0 fully saturated rings. The summed E-state index contributed by atoms with van der Waals surface area (Å²) in [5, 5.41) is 3.46. The van der Waals surface area contributed by atoms with Crippen LogP contribution < -0.4 is 9.62 Å². The van der Waals surface area contributed by atoms with E-state index in [4.69, 9.17) is 23.2 Å². The molecular formula is C29H33Cl2N3O4S. The zero-order chi connectivity index (χ0) is 28.7. The Bertz CT molecular complexity index is 1390. The van der Waals surface area contributed by atoms with Crippen molar-refractivity contribution in [3.8, 4) is 0 Å². The average molecular weight is 591 g/mol. The van der Waals surface area contributed by atoms with Gasteiger partial charge in [-0.2, -0.15) is 0 Å². The molecule has 0 saturated carbocycles. The van der Waals surface area contributed by atoms with E-state index in [1.807, 2.05) is 19.9 Å². The Morgan fingerprint density at radius 1 is 0.897 bits per heavy atom. The number of hydrogen-bond donors (Lipinski definition) is 1. The lowest BCUT2D eigenvalue weighted by Crippen LogP contribution is -2.52. The SMILES string of the molecule is CCNC(=O)[C@H](CC)N(Cc1c(Cl)cccc1Cl)C(=O)CN(c1cc(C)cc(C)c1)S(=O)(=O)c1ccccc1. The minimum absolute atomic E-state index is 0.0495. The van der Waals surface area contributed by atoms with Gasteiger partial charge in [0.2, 0.25) is 11.8 Å². The first-order chi connectivity index (χ1) is 18.5. The first-order valence-corrected chi connectivity index (χ1v) is 14.8. The highest BCUT2D eigenvalue weighted by Crippen LogP contribution is 2.29. The molecule has 0 unspecified atom stereocenters. The largest absolute Gasteiger partial charge is 0.355 e. The van der Waals surface area contributed by atoms with Crippen LogP contribution >= 0.6 is 23.2 Å². The van der Waals surface area contributed by atoms with Gasteiger partial charge in [0.15, 0.2) is 0 Å². The molecule has 39 heavy (non-hydrogen) atoms. The molecule has 0 aliphatic rings. The monoisotopic (exact) mass is 589 g/mol. The number of amides is 2. The lowest BCUT2D eigenvalue weighted by atomic mass is 10.1. The van der Waals surface area contributed by atoms with Crippen LogP contribution in [0.1, 0.15) is 37.0 Å². The number of rotatable bonds is 11. The summed E-state index contributed by atoms with van der Waals surface area (Å²) in [7, 11) is -4.14. The van der Waals surface area contributed by atoms with Crippen molar-refractivity contribution in [1.29, 1.82) is 0 Å². The second-order valence-electron chi connectivity index (χ2n) is 9.21. The van der Waals surface area contributed by atoms with Gasteiger partial charge in [-0.15, -0.1) is 0 Å². The average Bonchev–Trinajstić information content (AvgIpc) is 2.88. The minimum atomic E-state index is -4.14. The predicted octanol–water partition coefficient (Wildman–Crippen LogP) is 5.75. The normalized spacial score (nSPS) is 12.1. The first-order valence-electron chi connectivity index (χ1n) is 12.7. The Morgan fingerprint density at radius 2 is 1.49 bits per heavy atom. The van der Waals surface area contributed by atoms with Gasteiger partial charge in [-0.25, -0.2) is 8.42 Å². The van der Waals surface area contributed by atoms with E-state index in [9.17, 15) is 18.0 Å². The van der Waals surface area contributed by atoms with Gasteiger partial charge in [0, 0.05) is 28.7 Å². The fourth-order valence-electron chi connectivity index (χ4n) is 4.41. The maximum absolute atomic E-state index is 14.1. The molecular weight excluding hydrogens is 557 g/mol. The van der Waals surface area contributed by atoms with Crippen LogP contribution in [0.25, 0.3) is 0 Å². The van der Waals surface area contributed by atoms with Crippen LogP contribution in [-0.2, 0) is 26.2 Å². The van der Waals surface area contributed by atoms with Crippen molar-refractivity contribution >= 4 is 50.7 Å². The number of nitrogens with one attached hydrogen (secondary N) is 1. The van der Waals surface area contributed by atoms with Crippen molar-refractivity contribution in [2.75, 3.05) is 17.4 Å².